The predicted octanol–water partition coefficient (Wildman–Crippen LogP) is 3.31. The summed E-state index contributed by atoms with van der Waals surface area (Å²) in [7, 11) is 0. The second-order valence-electron chi connectivity index (χ2n) is 10.7. The van der Waals surface area contributed by atoms with Crippen LogP contribution in [0.15, 0.2) is 24.3 Å². The van der Waals surface area contributed by atoms with E-state index in [0.29, 0.717) is 31.3 Å². The third kappa shape index (κ3) is 3.64. The molecule has 0 aliphatic carbocycles. The highest BCUT2D eigenvalue weighted by Crippen LogP contribution is 2.48. The van der Waals surface area contributed by atoms with E-state index in [1.54, 1.807) is 6.92 Å². The van der Waals surface area contributed by atoms with Crippen molar-refractivity contribution in [3.05, 3.63) is 29.8 Å². The lowest BCUT2D eigenvalue weighted by Crippen LogP contribution is -2.56. The van der Waals surface area contributed by atoms with Crippen molar-refractivity contribution in [3.63, 3.8) is 0 Å². The molecule has 1 aromatic carbocycles. The van der Waals surface area contributed by atoms with Gasteiger partial charge in [0.05, 0.1) is 13.2 Å². The van der Waals surface area contributed by atoms with E-state index in [2.05, 4.69) is 28.0 Å². The summed E-state index contributed by atoms with van der Waals surface area (Å²) < 4.78 is 11.1. The van der Waals surface area contributed by atoms with Crippen molar-refractivity contribution >= 4 is 17.7 Å². The molecule has 0 saturated carbocycles. The van der Waals surface area contributed by atoms with Gasteiger partial charge < -0.3 is 24.2 Å². The number of hydrogen-bond acceptors (Lipinski definition) is 5. The zero-order valence-corrected chi connectivity index (χ0v) is 19.6. The van der Waals surface area contributed by atoms with Crippen molar-refractivity contribution in [2.24, 2.45) is 0 Å². The molecule has 0 N–H and O–H groups in total. The SMILES string of the molecule is CC(=O)N1CC2(CCN(C3CC4CCC(C3)N4C(=O)O[C@H]3CCOC3)CC2)c2ccccc21. The van der Waals surface area contributed by atoms with Gasteiger partial charge in [0.15, 0.2) is 0 Å². The van der Waals surface area contributed by atoms with Gasteiger partial charge in [-0.1, -0.05) is 18.2 Å². The Labute approximate surface area is 196 Å². The highest BCUT2D eigenvalue weighted by Gasteiger charge is 2.49. The Morgan fingerprint density at radius 3 is 2.42 bits per heavy atom. The van der Waals surface area contributed by atoms with E-state index in [1.807, 2.05) is 11.0 Å². The molecule has 5 heterocycles. The molecule has 2 bridgehead atoms. The van der Waals surface area contributed by atoms with Crippen LogP contribution in [0.2, 0.25) is 0 Å². The Balaban J connectivity index is 1.10. The molecule has 2 amide bonds. The lowest BCUT2D eigenvalue weighted by molar-refractivity contribution is -0.116. The van der Waals surface area contributed by atoms with Gasteiger partial charge in [-0.3, -0.25) is 4.79 Å². The number of ether oxygens (including phenoxy) is 2. The number of amides is 2. The van der Waals surface area contributed by atoms with Gasteiger partial charge in [0, 0.05) is 49.1 Å². The maximum atomic E-state index is 12.9. The van der Waals surface area contributed by atoms with Crippen molar-refractivity contribution in [3.8, 4) is 0 Å². The van der Waals surface area contributed by atoms with E-state index < -0.39 is 0 Å². The van der Waals surface area contributed by atoms with Crippen LogP contribution in [0.3, 0.4) is 0 Å². The number of benzene rings is 1. The minimum atomic E-state index is -0.124. The van der Waals surface area contributed by atoms with Crippen molar-refractivity contribution in [1.82, 2.24) is 9.80 Å². The zero-order valence-electron chi connectivity index (χ0n) is 19.6. The molecular formula is C26H35N3O4. The molecule has 7 nitrogen and oxygen atoms in total. The summed E-state index contributed by atoms with van der Waals surface area (Å²) in [5.74, 6) is 0.141. The van der Waals surface area contributed by atoms with Crippen LogP contribution in [-0.2, 0) is 19.7 Å². The molecule has 0 aromatic heterocycles. The summed E-state index contributed by atoms with van der Waals surface area (Å²) in [5, 5.41) is 0. The van der Waals surface area contributed by atoms with Gasteiger partial charge in [0.1, 0.15) is 6.10 Å². The lowest BCUT2D eigenvalue weighted by atomic mass is 9.73. The Morgan fingerprint density at radius 2 is 1.76 bits per heavy atom. The Hall–Kier alpha value is -2.12. The van der Waals surface area contributed by atoms with Crippen LogP contribution in [-0.4, -0.2) is 78.9 Å². The molecule has 33 heavy (non-hydrogen) atoms. The smallest absolute Gasteiger partial charge is 0.410 e. The highest BCUT2D eigenvalue weighted by molar-refractivity contribution is 5.94. The van der Waals surface area contributed by atoms with E-state index in [4.69, 9.17) is 9.47 Å². The standard InChI is InChI=1S/C26H35N3O4/c1-18(30)28-17-26(23-4-2-3-5-24(23)28)9-11-27(12-10-26)21-14-19-6-7-20(15-21)29(19)25(31)33-22-8-13-32-16-22/h2-5,19-22H,6-17H2,1H3/t19?,20?,21?,22-/m0/s1. The van der Waals surface area contributed by atoms with E-state index in [9.17, 15) is 9.59 Å². The molecule has 0 radical (unpaired) electrons. The highest BCUT2D eigenvalue weighted by atomic mass is 16.6. The van der Waals surface area contributed by atoms with Crippen LogP contribution < -0.4 is 4.90 Å². The molecule has 5 aliphatic heterocycles. The van der Waals surface area contributed by atoms with Gasteiger partial charge in [-0.2, -0.15) is 0 Å². The number of anilines is 1. The maximum absolute atomic E-state index is 12.9. The number of fused-ring (bicyclic) bond motifs is 4. The average molecular weight is 454 g/mol. The van der Waals surface area contributed by atoms with Crippen molar-refractivity contribution < 1.29 is 19.1 Å². The maximum Gasteiger partial charge on any atom is 0.410 e. The summed E-state index contributed by atoms with van der Waals surface area (Å²) in [5.41, 5.74) is 2.55. The molecule has 2 unspecified atom stereocenters. The van der Waals surface area contributed by atoms with E-state index in [-0.39, 0.29) is 23.5 Å². The summed E-state index contributed by atoms with van der Waals surface area (Å²) in [4.78, 5) is 31.9. The first-order valence-electron chi connectivity index (χ1n) is 12.7. The van der Waals surface area contributed by atoms with Crippen molar-refractivity contribution in [1.29, 1.82) is 0 Å². The van der Waals surface area contributed by atoms with Crippen LogP contribution >= 0.6 is 0 Å². The molecule has 1 aromatic rings. The molecule has 5 aliphatic rings. The summed E-state index contributed by atoms with van der Waals surface area (Å²) in [6.07, 6.45) is 7.09. The Bertz CT molecular complexity index is 908. The monoisotopic (exact) mass is 453 g/mol. The molecule has 3 atom stereocenters. The number of likely N-dealkylation sites (tertiary alicyclic amines) is 1. The first kappa shape index (κ1) is 21.4. The Kier molecular flexibility index (Phi) is 5.37. The lowest BCUT2D eigenvalue weighted by Gasteiger charge is -2.47. The van der Waals surface area contributed by atoms with Crippen molar-refractivity contribution in [2.45, 2.75) is 81.5 Å². The first-order chi connectivity index (χ1) is 16.0. The molecular weight excluding hydrogens is 418 g/mol. The number of piperidine rings is 2. The predicted molar refractivity (Wildman–Crippen MR) is 124 cm³/mol. The minimum absolute atomic E-state index is 0.0724. The quantitative estimate of drug-likeness (QED) is 0.688. The topological polar surface area (TPSA) is 62.3 Å². The fraction of sp³-hybridized carbons (Fsp3) is 0.692. The van der Waals surface area contributed by atoms with E-state index in [1.165, 1.54) is 5.56 Å². The number of rotatable bonds is 2. The number of carbonyl (C=O) groups is 2. The summed E-state index contributed by atoms with van der Waals surface area (Å²) in [6.45, 7) is 5.85. The van der Waals surface area contributed by atoms with Gasteiger partial charge in [-0.15, -0.1) is 0 Å². The molecule has 4 saturated heterocycles. The van der Waals surface area contributed by atoms with Crippen molar-refractivity contribution in [2.75, 3.05) is 37.7 Å². The largest absolute Gasteiger partial charge is 0.444 e. The Morgan fingerprint density at radius 1 is 1.03 bits per heavy atom. The molecule has 7 heteroatoms. The van der Waals surface area contributed by atoms with Gasteiger partial charge in [-0.25, -0.2) is 4.79 Å². The normalized spacial score (nSPS) is 32.9. The van der Waals surface area contributed by atoms with Crippen LogP contribution in [0.5, 0.6) is 0 Å². The third-order valence-electron chi connectivity index (χ3n) is 8.95. The van der Waals surface area contributed by atoms with Gasteiger partial charge >= 0.3 is 6.09 Å². The van der Waals surface area contributed by atoms with E-state index >= 15 is 0 Å². The third-order valence-corrected chi connectivity index (χ3v) is 8.95. The van der Waals surface area contributed by atoms with Crippen LogP contribution in [0.1, 0.15) is 57.4 Å². The summed E-state index contributed by atoms with van der Waals surface area (Å²) >= 11 is 0. The zero-order chi connectivity index (χ0) is 22.6. The van der Waals surface area contributed by atoms with Gasteiger partial charge in [0.2, 0.25) is 5.91 Å². The summed E-state index contributed by atoms with van der Waals surface area (Å²) in [6, 6.07) is 9.63. The second kappa shape index (κ2) is 8.27. The number of para-hydroxylation sites is 1. The molecule has 1 spiro atoms. The van der Waals surface area contributed by atoms with Gasteiger partial charge in [-0.05, 0) is 63.2 Å². The number of carbonyl (C=O) groups excluding carboxylic acids is 2. The number of hydrogen-bond donors (Lipinski definition) is 0. The van der Waals surface area contributed by atoms with Crippen LogP contribution in [0, 0.1) is 0 Å². The van der Waals surface area contributed by atoms with Crippen LogP contribution in [0.4, 0.5) is 10.5 Å². The van der Waals surface area contributed by atoms with Crippen LogP contribution in [0.25, 0.3) is 0 Å². The molecule has 178 valence electrons. The fourth-order valence-electron chi connectivity index (χ4n) is 7.21. The minimum Gasteiger partial charge on any atom is -0.444 e. The molecule has 4 fully saturated rings. The first-order valence-corrected chi connectivity index (χ1v) is 12.7. The van der Waals surface area contributed by atoms with Gasteiger partial charge in [0.25, 0.3) is 0 Å². The molecule has 6 rings (SSSR count). The fourth-order valence-corrected chi connectivity index (χ4v) is 7.21. The number of nitrogens with zero attached hydrogens (tertiary/aromatic N) is 3. The van der Waals surface area contributed by atoms with E-state index in [0.717, 1.165) is 70.3 Å². The second-order valence-corrected chi connectivity index (χ2v) is 10.7. The average Bonchev–Trinajstić information content (AvgIpc) is 3.51.